The Morgan fingerprint density at radius 2 is 1.59 bits per heavy atom. The molecule has 112 valence electrons. The minimum absolute atomic E-state index is 0.128. The molecule has 0 heterocycles. The van der Waals surface area contributed by atoms with Crippen LogP contribution in [0.1, 0.15) is 5.56 Å². The topological polar surface area (TPSA) is 38.7 Å². The maximum atomic E-state index is 10.6. The van der Waals surface area contributed by atoms with Crippen LogP contribution in [0.2, 0.25) is 0 Å². The molecule has 0 saturated carbocycles. The Labute approximate surface area is 129 Å². The summed E-state index contributed by atoms with van der Waals surface area (Å²) < 4.78 is 10.8. The maximum absolute atomic E-state index is 10.6. The molecule has 22 heavy (non-hydrogen) atoms. The molecule has 0 saturated heterocycles. The van der Waals surface area contributed by atoms with Gasteiger partial charge in [-0.3, -0.25) is 0 Å². The molecule has 0 aliphatic heterocycles. The highest BCUT2D eigenvalue weighted by Gasteiger charge is 2.17. The van der Waals surface area contributed by atoms with E-state index in [1.54, 1.807) is 14.2 Å². The molecule has 0 atom stereocenters. The number of benzene rings is 3. The maximum Gasteiger partial charge on any atom is 0.165 e. The molecule has 0 radical (unpaired) electrons. The SMILES string of the molecule is COc1cc(C)cc(-c2c(OC)ccc3ccccc23)c1O. The summed E-state index contributed by atoms with van der Waals surface area (Å²) in [6, 6.07) is 15.8. The molecule has 3 heteroatoms. The quantitative estimate of drug-likeness (QED) is 0.771. The van der Waals surface area contributed by atoms with E-state index in [1.807, 2.05) is 55.5 Å². The van der Waals surface area contributed by atoms with Crippen LogP contribution in [-0.4, -0.2) is 19.3 Å². The van der Waals surface area contributed by atoms with Crippen molar-refractivity contribution < 1.29 is 14.6 Å². The number of fused-ring (bicyclic) bond motifs is 1. The average Bonchev–Trinajstić information content (AvgIpc) is 2.55. The Balaban J connectivity index is 2.41. The van der Waals surface area contributed by atoms with Crippen molar-refractivity contribution >= 4 is 10.8 Å². The van der Waals surface area contributed by atoms with Gasteiger partial charge in [0.15, 0.2) is 11.5 Å². The minimum Gasteiger partial charge on any atom is -0.504 e. The Morgan fingerprint density at radius 3 is 2.32 bits per heavy atom. The number of aromatic hydroxyl groups is 1. The van der Waals surface area contributed by atoms with Gasteiger partial charge >= 0.3 is 0 Å². The molecule has 3 aromatic carbocycles. The summed E-state index contributed by atoms with van der Waals surface area (Å²) in [6.45, 7) is 1.98. The zero-order valence-electron chi connectivity index (χ0n) is 12.9. The lowest BCUT2D eigenvalue weighted by Crippen LogP contribution is -1.93. The summed E-state index contributed by atoms with van der Waals surface area (Å²) in [6.07, 6.45) is 0. The summed E-state index contributed by atoms with van der Waals surface area (Å²) in [5.41, 5.74) is 2.60. The summed E-state index contributed by atoms with van der Waals surface area (Å²) in [5.74, 6) is 1.31. The van der Waals surface area contributed by atoms with Crippen LogP contribution in [0.15, 0.2) is 48.5 Å². The van der Waals surface area contributed by atoms with E-state index in [-0.39, 0.29) is 5.75 Å². The zero-order valence-corrected chi connectivity index (χ0v) is 12.9. The lowest BCUT2D eigenvalue weighted by Gasteiger charge is -2.16. The predicted octanol–water partition coefficient (Wildman–Crippen LogP) is 4.54. The van der Waals surface area contributed by atoms with Crippen molar-refractivity contribution in [3.63, 3.8) is 0 Å². The lowest BCUT2D eigenvalue weighted by atomic mass is 9.95. The number of hydrogen-bond acceptors (Lipinski definition) is 3. The highest BCUT2D eigenvalue weighted by Crippen LogP contribution is 2.45. The number of aryl methyl sites for hydroxylation is 1. The van der Waals surface area contributed by atoms with Crippen molar-refractivity contribution in [3.05, 3.63) is 54.1 Å². The van der Waals surface area contributed by atoms with Gasteiger partial charge in [0.1, 0.15) is 5.75 Å². The number of phenolic OH excluding ortho intramolecular Hbond substituents is 1. The molecule has 3 rings (SSSR count). The second kappa shape index (κ2) is 5.60. The molecule has 0 unspecified atom stereocenters. The van der Waals surface area contributed by atoms with E-state index in [1.165, 1.54) is 0 Å². The van der Waals surface area contributed by atoms with E-state index >= 15 is 0 Å². The Kier molecular flexibility index (Phi) is 3.63. The summed E-state index contributed by atoms with van der Waals surface area (Å²) >= 11 is 0. The van der Waals surface area contributed by atoms with Crippen molar-refractivity contribution in [1.82, 2.24) is 0 Å². The molecule has 0 aromatic heterocycles. The summed E-state index contributed by atoms with van der Waals surface area (Å²) in [5, 5.41) is 12.7. The number of rotatable bonds is 3. The highest BCUT2D eigenvalue weighted by atomic mass is 16.5. The first-order valence-corrected chi connectivity index (χ1v) is 7.09. The van der Waals surface area contributed by atoms with Crippen LogP contribution in [0.25, 0.3) is 21.9 Å². The Hall–Kier alpha value is -2.68. The van der Waals surface area contributed by atoms with Gasteiger partial charge in [0.05, 0.1) is 14.2 Å². The van der Waals surface area contributed by atoms with Crippen molar-refractivity contribution in [3.8, 4) is 28.4 Å². The summed E-state index contributed by atoms with van der Waals surface area (Å²) in [7, 11) is 3.19. The van der Waals surface area contributed by atoms with Gasteiger partial charge in [-0.05, 0) is 41.5 Å². The van der Waals surface area contributed by atoms with E-state index in [2.05, 4.69) is 0 Å². The fourth-order valence-corrected chi connectivity index (χ4v) is 2.79. The molecule has 0 spiro atoms. The largest absolute Gasteiger partial charge is 0.504 e. The molecular formula is C19H18O3. The second-order valence-corrected chi connectivity index (χ2v) is 5.23. The first kappa shape index (κ1) is 14.3. The van der Waals surface area contributed by atoms with Crippen molar-refractivity contribution in [1.29, 1.82) is 0 Å². The van der Waals surface area contributed by atoms with Crippen molar-refractivity contribution in [2.24, 2.45) is 0 Å². The second-order valence-electron chi connectivity index (χ2n) is 5.23. The van der Waals surface area contributed by atoms with Crippen molar-refractivity contribution in [2.45, 2.75) is 6.92 Å². The summed E-state index contributed by atoms with van der Waals surface area (Å²) in [4.78, 5) is 0. The Morgan fingerprint density at radius 1 is 0.864 bits per heavy atom. The minimum atomic E-state index is 0.128. The lowest BCUT2D eigenvalue weighted by molar-refractivity contribution is 0.373. The van der Waals surface area contributed by atoms with Crippen LogP contribution >= 0.6 is 0 Å². The van der Waals surface area contributed by atoms with E-state index < -0.39 is 0 Å². The van der Waals surface area contributed by atoms with Crippen LogP contribution in [-0.2, 0) is 0 Å². The van der Waals surface area contributed by atoms with Gasteiger partial charge in [-0.1, -0.05) is 30.3 Å². The third-order valence-electron chi connectivity index (χ3n) is 3.82. The number of hydrogen-bond donors (Lipinski definition) is 1. The predicted molar refractivity (Wildman–Crippen MR) is 88.9 cm³/mol. The number of phenols is 1. The fraction of sp³-hybridized carbons (Fsp3) is 0.158. The van der Waals surface area contributed by atoms with Gasteiger partial charge in [0, 0.05) is 11.1 Å². The molecule has 3 nitrogen and oxygen atoms in total. The molecule has 0 aliphatic rings. The average molecular weight is 294 g/mol. The van der Waals surface area contributed by atoms with E-state index in [9.17, 15) is 5.11 Å². The highest BCUT2D eigenvalue weighted by molar-refractivity contribution is 6.01. The molecule has 0 fully saturated rings. The van der Waals surface area contributed by atoms with Gasteiger partial charge in [0.2, 0.25) is 0 Å². The van der Waals surface area contributed by atoms with Crippen LogP contribution < -0.4 is 9.47 Å². The van der Waals surface area contributed by atoms with Gasteiger partial charge in [-0.15, -0.1) is 0 Å². The van der Waals surface area contributed by atoms with Gasteiger partial charge in [-0.2, -0.15) is 0 Å². The third-order valence-corrected chi connectivity index (χ3v) is 3.82. The van der Waals surface area contributed by atoms with Crippen LogP contribution in [0.3, 0.4) is 0 Å². The standard InChI is InChI=1S/C19H18O3/c1-12-10-15(19(20)17(11-12)22-3)18-14-7-5-4-6-13(14)8-9-16(18)21-2/h4-11,20H,1-3H3. The van der Waals surface area contributed by atoms with Crippen molar-refractivity contribution in [2.75, 3.05) is 14.2 Å². The fourth-order valence-electron chi connectivity index (χ4n) is 2.79. The monoisotopic (exact) mass is 294 g/mol. The van der Waals surface area contributed by atoms with E-state index in [4.69, 9.17) is 9.47 Å². The first-order valence-electron chi connectivity index (χ1n) is 7.09. The molecule has 1 N–H and O–H groups in total. The van der Waals surface area contributed by atoms with E-state index in [0.717, 1.165) is 27.6 Å². The van der Waals surface area contributed by atoms with Gasteiger partial charge in [-0.25, -0.2) is 0 Å². The normalized spacial score (nSPS) is 10.7. The molecule has 3 aromatic rings. The first-order chi connectivity index (χ1) is 10.7. The van der Waals surface area contributed by atoms with Crippen LogP contribution in [0, 0.1) is 6.92 Å². The molecule has 0 aliphatic carbocycles. The van der Waals surface area contributed by atoms with Gasteiger partial charge in [0.25, 0.3) is 0 Å². The van der Waals surface area contributed by atoms with Gasteiger partial charge < -0.3 is 14.6 Å². The van der Waals surface area contributed by atoms with Crippen LogP contribution in [0.5, 0.6) is 17.2 Å². The Bertz CT molecular complexity index is 837. The number of ether oxygens (including phenoxy) is 2. The van der Waals surface area contributed by atoms with Crippen LogP contribution in [0.4, 0.5) is 0 Å². The molecule has 0 amide bonds. The number of methoxy groups -OCH3 is 2. The molecular weight excluding hydrogens is 276 g/mol. The molecule has 0 bridgehead atoms. The third kappa shape index (κ3) is 2.25. The zero-order chi connectivity index (χ0) is 15.7. The van der Waals surface area contributed by atoms with E-state index in [0.29, 0.717) is 11.3 Å². The smallest absolute Gasteiger partial charge is 0.165 e.